The van der Waals surface area contributed by atoms with Crippen molar-refractivity contribution in [2.24, 2.45) is 0 Å². The Morgan fingerprint density at radius 1 is 1.22 bits per heavy atom. The molecule has 18 heavy (non-hydrogen) atoms. The van der Waals surface area contributed by atoms with E-state index >= 15 is 0 Å². The van der Waals surface area contributed by atoms with Crippen LogP contribution in [0.3, 0.4) is 0 Å². The number of ether oxygens (including phenoxy) is 1. The van der Waals surface area contributed by atoms with Crippen LogP contribution in [0.25, 0.3) is 0 Å². The van der Waals surface area contributed by atoms with Gasteiger partial charge in [0.1, 0.15) is 5.56 Å². The number of aromatic nitrogens is 1. The van der Waals surface area contributed by atoms with Gasteiger partial charge in [-0.05, 0) is 22.6 Å². The number of hydrogen-bond donors (Lipinski definition) is 1. The third-order valence-electron chi connectivity index (χ3n) is 1.72. The highest BCUT2D eigenvalue weighted by molar-refractivity contribution is 14.1. The van der Waals surface area contributed by atoms with Crippen LogP contribution in [0.2, 0.25) is 0 Å². The molecule has 1 aromatic heterocycles. The molecule has 0 unspecified atom stereocenters. The van der Waals surface area contributed by atoms with Crippen LogP contribution >= 0.6 is 22.6 Å². The number of rotatable bonds is 2. The predicted octanol–water partition coefficient (Wildman–Crippen LogP) is 3.10. The Balaban J connectivity index is 3.46. The first kappa shape index (κ1) is 15.3. The van der Waals surface area contributed by atoms with E-state index < -0.39 is 39.7 Å². The quantitative estimate of drug-likeness (QED) is 0.627. The maximum Gasteiger partial charge on any atom is 0.573 e. The van der Waals surface area contributed by atoms with E-state index in [0.29, 0.717) is 0 Å². The third-order valence-corrected chi connectivity index (χ3v) is 2.49. The van der Waals surface area contributed by atoms with Gasteiger partial charge in [-0.25, -0.2) is 0 Å². The molecule has 0 aliphatic heterocycles. The first-order valence-electron chi connectivity index (χ1n) is 4.17. The van der Waals surface area contributed by atoms with E-state index in [-0.39, 0.29) is 0 Å². The minimum atomic E-state index is -5.27. The lowest BCUT2D eigenvalue weighted by molar-refractivity contribution is -0.276. The van der Waals surface area contributed by atoms with Gasteiger partial charge in [0, 0.05) is 6.20 Å². The zero-order chi connectivity index (χ0) is 14.1. The van der Waals surface area contributed by atoms with Crippen LogP contribution in [0.1, 0.15) is 11.3 Å². The van der Waals surface area contributed by atoms with Crippen LogP contribution in [-0.2, 0) is 12.8 Å². The highest BCUT2D eigenvalue weighted by atomic mass is 127. The van der Waals surface area contributed by atoms with Crippen LogP contribution < -0.4 is 4.74 Å². The maximum atomic E-state index is 12.6. The summed E-state index contributed by atoms with van der Waals surface area (Å²) in [6, 6.07) is 0. The molecule has 0 spiro atoms. The van der Waals surface area contributed by atoms with Crippen molar-refractivity contribution in [1.29, 1.82) is 0 Å². The fourth-order valence-electron chi connectivity index (χ4n) is 1.14. The van der Waals surface area contributed by atoms with Gasteiger partial charge < -0.3 is 9.84 Å². The lowest BCUT2D eigenvalue weighted by Crippen LogP contribution is -2.22. The Bertz CT molecular complexity index is 444. The molecule has 102 valence electrons. The molecular weight excluding hydrogens is 383 g/mol. The molecule has 0 bridgehead atoms. The highest BCUT2D eigenvalue weighted by Gasteiger charge is 2.42. The zero-order valence-electron chi connectivity index (χ0n) is 8.23. The predicted molar refractivity (Wildman–Crippen MR) is 54.6 cm³/mol. The van der Waals surface area contributed by atoms with Crippen molar-refractivity contribution in [1.82, 2.24) is 4.98 Å². The number of aliphatic hydroxyl groups is 1. The molecule has 0 aromatic carbocycles. The summed E-state index contributed by atoms with van der Waals surface area (Å²) >= 11 is 1.23. The number of pyridine rings is 1. The molecule has 1 aromatic rings. The number of halogens is 7. The molecule has 0 atom stereocenters. The Morgan fingerprint density at radius 3 is 2.17 bits per heavy atom. The van der Waals surface area contributed by atoms with Gasteiger partial charge in [0.2, 0.25) is 0 Å². The SMILES string of the molecule is OCc1ncc(I)c(OC(F)(F)F)c1C(F)(F)F. The zero-order valence-corrected chi connectivity index (χ0v) is 10.4. The molecule has 1 heterocycles. The molecule has 1 N–H and O–H groups in total. The summed E-state index contributed by atoms with van der Waals surface area (Å²) in [6.45, 7) is -1.15. The number of nitrogens with zero attached hydrogens (tertiary/aromatic N) is 1. The standard InChI is InChI=1S/C8H4F6INO2/c9-7(10,11)5-4(2-17)16-1-3(15)6(5)18-8(12,13)14/h1,17H,2H2. The molecule has 10 heteroatoms. The van der Waals surface area contributed by atoms with E-state index in [9.17, 15) is 26.3 Å². The van der Waals surface area contributed by atoms with Crippen molar-refractivity contribution in [2.45, 2.75) is 19.1 Å². The smallest absolute Gasteiger partial charge is 0.404 e. The molecule has 0 amide bonds. The first-order chi connectivity index (χ1) is 8.06. The molecule has 0 aliphatic carbocycles. The third kappa shape index (κ3) is 3.60. The van der Waals surface area contributed by atoms with Gasteiger partial charge in [0.05, 0.1) is 15.9 Å². The fourth-order valence-corrected chi connectivity index (χ4v) is 1.66. The first-order valence-corrected chi connectivity index (χ1v) is 5.25. The van der Waals surface area contributed by atoms with Crippen LogP contribution in [0.5, 0.6) is 5.75 Å². The van der Waals surface area contributed by atoms with Crippen molar-refractivity contribution < 1.29 is 36.2 Å². The Kier molecular flexibility index (Phi) is 4.30. The van der Waals surface area contributed by atoms with E-state index in [1.165, 1.54) is 22.6 Å². The van der Waals surface area contributed by atoms with Gasteiger partial charge in [-0.15, -0.1) is 13.2 Å². The van der Waals surface area contributed by atoms with Crippen molar-refractivity contribution in [3.63, 3.8) is 0 Å². The van der Waals surface area contributed by atoms with Crippen molar-refractivity contribution in [2.75, 3.05) is 0 Å². The molecule has 0 aliphatic rings. The molecule has 0 saturated heterocycles. The molecular formula is C8H4F6INO2. The lowest BCUT2D eigenvalue weighted by Gasteiger charge is -2.18. The largest absolute Gasteiger partial charge is 0.573 e. The Morgan fingerprint density at radius 2 is 1.78 bits per heavy atom. The van der Waals surface area contributed by atoms with Gasteiger partial charge in [-0.3, -0.25) is 4.98 Å². The minimum Gasteiger partial charge on any atom is -0.404 e. The van der Waals surface area contributed by atoms with Crippen LogP contribution in [-0.4, -0.2) is 16.5 Å². The monoisotopic (exact) mass is 387 g/mol. The van der Waals surface area contributed by atoms with Crippen molar-refractivity contribution in [3.8, 4) is 5.75 Å². The summed E-state index contributed by atoms with van der Waals surface area (Å²) in [7, 11) is 0. The number of hydrogen-bond acceptors (Lipinski definition) is 3. The summed E-state index contributed by atoms with van der Waals surface area (Å²) in [4.78, 5) is 3.23. The minimum absolute atomic E-state index is 0.463. The summed E-state index contributed by atoms with van der Waals surface area (Å²) in [5.74, 6) is -1.41. The number of alkyl halides is 6. The van der Waals surface area contributed by atoms with E-state index in [1.54, 1.807) is 0 Å². The summed E-state index contributed by atoms with van der Waals surface area (Å²) in [5.41, 5.74) is -2.66. The molecule has 0 saturated carbocycles. The van der Waals surface area contributed by atoms with E-state index in [0.717, 1.165) is 6.20 Å². The van der Waals surface area contributed by atoms with Gasteiger partial charge in [0.25, 0.3) is 0 Å². The molecule has 0 radical (unpaired) electrons. The normalized spacial score (nSPS) is 12.7. The van der Waals surface area contributed by atoms with Crippen molar-refractivity contribution in [3.05, 3.63) is 21.0 Å². The van der Waals surface area contributed by atoms with Crippen LogP contribution in [0.15, 0.2) is 6.20 Å². The topological polar surface area (TPSA) is 42.4 Å². The molecule has 1 rings (SSSR count). The summed E-state index contributed by atoms with van der Waals surface area (Å²) in [6.07, 6.45) is -9.64. The summed E-state index contributed by atoms with van der Waals surface area (Å²) < 4.78 is 77.0. The summed E-state index contributed by atoms with van der Waals surface area (Å²) in [5, 5.41) is 8.69. The average Bonchev–Trinajstić information content (AvgIpc) is 2.17. The van der Waals surface area contributed by atoms with E-state index in [1.807, 2.05) is 0 Å². The Hall–Kier alpha value is -0.780. The highest BCUT2D eigenvalue weighted by Crippen LogP contribution is 2.42. The van der Waals surface area contributed by atoms with Gasteiger partial charge in [-0.2, -0.15) is 13.2 Å². The average molecular weight is 387 g/mol. The van der Waals surface area contributed by atoms with Crippen LogP contribution in [0.4, 0.5) is 26.3 Å². The van der Waals surface area contributed by atoms with Gasteiger partial charge in [-0.1, -0.05) is 0 Å². The second-order valence-corrected chi connectivity index (χ2v) is 4.12. The number of aliphatic hydroxyl groups excluding tert-OH is 1. The molecule has 3 nitrogen and oxygen atoms in total. The van der Waals surface area contributed by atoms with E-state index in [4.69, 9.17) is 5.11 Å². The van der Waals surface area contributed by atoms with Crippen LogP contribution in [0, 0.1) is 3.57 Å². The maximum absolute atomic E-state index is 12.6. The van der Waals surface area contributed by atoms with Gasteiger partial charge >= 0.3 is 12.5 Å². The second kappa shape index (κ2) is 5.07. The van der Waals surface area contributed by atoms with E-state index in [2.05, 4.69) is 9.72 Å². The molecule has 0 fully saturated rings. The van der Waals surface area contributed by atoms with Gasteiger partial charge in [0.15, 0.2) is 5.75 Å². The van der Waals surface area contributed by atoms with Crippen molar-refractivity contribution >= 4 is 22.6 Å². The Labute approximate surface area is 110 Å². The second-order valence-electron chi connectivity index (χ2n) is 2.96. The fraction of sp³-hybridized carbons (Fsp3) is 0.375. The lowest BCUT2D eigenvalue weighted by atomic mass is 10.1.